The van der Waals surface area contributed by atoms with Gasteiger partial charge in [-0.15, -0.1) is 17.5 Å². The van der Waals surface area contributed by atoms with Crippen molar-refractivity contribution in [3.8, 4) is 0 Å². The molecule has 0 unspecified atom stereocenters. The summed E-state index contributed by atoms with van der Waals surface area (Å²) in [7, 11) is 4.05. The number of rotatable bonds is 5. The number of nitrogens with zero attached hydrogens (tertiary/aromatic N) is 8. The van der Waals surface area contributed by atoms with Gasteiger partial charge < -0.3 is 4.90 Å². The number of hydrogen-bond donors (Lipinski definition) is 0. The van der Waals surface area contributed by atoms with Gasteiger partial charge in [-0.25, -0.2) is 14.2 Å². The molecule has 3 rings (SSSR count). The molecule has 0 saturated heterocycles. The zero-order chi connectivity index (χ0) is 14.8. The van der Waals surface area contributed by atoms with E-state index in [4.69, 9.17) is 0 Å². The van der Waals surface area contributed by atoms with Crippen LogP contribution in [0, 0.1) is 6.92 Å². The van der Waals surface area contributed by atoms with E-state index in [-0.39, 0.29) is 12.4 Å². The van der Waals surface area contributed by atoms with Crippen LogP contribution in [0.4, 0.5) is 0 Å². The Morgan fingerprint density at radius 2 is 2.14 bits per heavy atom. The molecule has 0 atom stereocenters. The monoisotopic (exact) mass is 340 g/mol. The average Bonchev–Trinajstić information content (AvgIpc) is 3.05. The van der Waals surface area contributed by atoms with E-state index in [1.54, 1.807) is 15.4 Å². The van der Waals surface area contributed by atoms with Crippen molar-refractivity contribution in [2.24, 2.45) is 0 Å². The summed E-state index contributed by atoms with van der Waals surface area (Å²) in [5, 5.41) is 17.9. The Morgan fingerprint density at radius 3 is 2.91 bits per heavy atom. The normalized spacial score (nSPS) is 11.1. The van der Waals surface area contributed by atoms with E-state index in [0.29, 0.717) is 0 Å². The summed E-state index contributed by atoms with van der Waals surface area (Å²) in [5.41, 5.74) is 1.77. The number of aryl methyl sites for hydroxylation is 1. The van der Waals surface area contributed by atoms with Crippen LogP contribution in [0.1, 0.15) is 5.69 Å². The van der Waals surface area contributed by atoms with Crippen LogP contribution in [0.5, 0.6) is 0 Å². The topological polar surface area (TPSA) is 77.0 Å². The van der Waals surface area contributed by atoms with Crippen LogP contribution in [-0.4, -0.2) is 60.3 Å². The van der Waals surface area contributed by atoms with Gasteiger partial charge in [-0.2, -0.15) is 5.10 Å². The van der Waals surface area contributed by atoms with Crippen molar-refractivity contribution < 1.29 is 0 Å². The standard InChI is InChI=1S/C12H16N8S.ClH/c1-9-8-11(20-10(14-9)4-5-13-20)21-12-15-16-17-19(12)7-6-18(2)3;/h4-5,8H,6-7H2,1-3H3;1H. The summed E-state index contributed by atoms with van der Waals surface area (Å²) in [4.78, 5) is 6.53. The maximum absolute atomic E-state index is 4.43. The minimum atomic E-state index is 0. The first kappa shape index (κ1) is 16.7. The van der Waals surface area contributed by atoms with Gasteiger partial charge >= 0.3 is 0 Å². The third kappa shape index (κ3) is 3.54. The Balaban J connectivity index is 0.00000176. The maximum Gasteiger partial charge on any atom is 0.215 e. The van der Waals surface area contributed by atoms with Crippen LogP contribution in [0.3, 0.4) is 0 Å². The van der Waals surface area contributed by atoms with Gasteiger partial charge in [0.25, 0.3) is 0 Å². The molecule has 0 aliphatic heterocycles. The minimum Gasteiger partial charge on any atom is -0.308 e. The Bertz CT molecular complexity index is 753. The molecule has 0 amide bonds. The number of tetrazole rings is 1. The lowest BCUT2D eigenvalue weighted by Crippen LogP contribution is -2.19. The second kappa shape index (κ2) is 7.03. The van der Waals surface area contributed by atoms with Crippen molar-refractivity contribution in [1.29, 1.82) is 0 Å². The van der Waals surface area contributed by atoms with Crippen molar-refractivity contribution >= 4 is 29.8 Å². The lowest BCUT2D eigenvalue weighted by molar-refractivity contribution is 0.361. The fraction of sp³-hybridized carbons (Fsp3) is 0.417. The summed E-state index contributed by atoms with van der Waals surface area (Å²) in [6.07, 6.45) is 1.74. The highest BCUT2D eigenvalue weighted by molar-refractivity contribution is 7.99. The van der Waals surface area contributed by atoms with Crippen LogP contribution in [0.2, 0.25) is 0 Å². The molecule has 0 aliphatic rings. The highest BCUT2D eigenvalue weighted by Crippen LogP contribution is 2.25. The molecule has 22 heavy (non-hydrogen) atoms. The molecule has 3 heterocycles. The molecular weight excluding hydrogens is 324 g/mol. The van der Waals surface area contributed by atoms with Crippen molar-refractivity contribution in [2.75, 3.05) is 20.6 Å². The Morgan fingerprint density at radius 1 is 1.32 bits per heavy atom. The second-order valence-electron chi connectivity index (χ2n) is 4.93. The fourth-order valence-corrected chi connectivity index (χ4v) is 2.83. The minimum absolute atomic E-state index is 0. The molecule has 8 nitrogen and oxygen atoms in total. The molecule has 3 aromatic rings. The SMILES string of the molecule is Cc1cc(Sc2nnnn2CCN(C)C)n2nccc2n1.Cl. The van der Waals surface area contributed by atoms with Crippen LogP contribution < -0.4 is 0 Å². The van der Waals surface area contributed by atoms with Gasteiger partial charge in [0.1, 0.15) is 5.03 Å². The summed E-state index contributed by atoms with van der Waals surface area (Å²) < 4.78 is 3.60. The van der Waals surface area contributed by atoms with Gasteiger partial charge in [0.15, 0.2) is 5.65 Å². The summed E-state index contributed by atoms with van der Waals surface area (Å²) >= 11 is 1.49. The van der Waals surface area contributed by atoms with E-state index in [2.05, 4.69) is 30.5 Å². The predicted octanol–water partition coefficient (Wildman–Crippen LogP) is 1.16. The predicted molar refractivity (Wildman–Crippen MR) is 85.5 cm³/mol. The van der Waals surface area contributed by atoms with Crippen LogP contribution in [0.25, 0.3) is 5.65 Å². The van der Waals surface area contributed by atoms with Crippen molar-refractivity contribution in [3.05, 3.63) is 24.0 Å². The first-order valence-electron chi connectivity index (χ1n) is 6.53. The van der Waals surface area contributed by atoms with Gasteiger partial charge in [-0.1, -0.05) is 0 Å². The largest absolute Gasteiger partial charge is 0.308 e. The Labute approximate surface area is 138 Å². The van der Waals surface area contributed by atoms with Gasteiger partial charge in [0.05, 0.1) is 12.7 Å². The molecule has 0 aliphatic carbocycles. The van der Waals surface area contributed by atoms with Crippen LogP contribution in [-0.2, 0) is 6.54 Å². The third-order valence-corrected chi connectivity index (χ3v) is 3.88. The third-order valence-electron chi connectivity index (χ3n) is 2.91. The molecule has 0 aromatic carbocycles. The van der Waals surface area contributed by atoms with E-state index < -0.39 is 0 Å². The Kier molecular flexibility index (Phi) is 5.33. The van der Waals surface area contributed by atoms with Gasteiger partial charge in [-0.3, -0.25) is 0 Å². The van der Waals surface area contributed by atoms with E-state index in [1.165, 1.54) is 11.8 Å². The van der Waals surface area contributed by atoms with Gasteiger partial charge in [-0.05, 0) is 49.3 Å². The first-order valence-corrected chi connectivity index (χ1v) is 7.35. The van der Waals surface area contributed by atoms with Crippen molar-refractivity contribution in [2.45, 2.75) is 23.7 Å². The number of halogens is 1. The highest BCUT2D eigenvalue weighted by atomic mass is 35.5. The van der Waals surface area contributed by atoms with Crippen molar-refractivity contribution in [1.82, 2.24) is 39.7 Å². The van der Waals surface area contributed by atoms with E-state index in [0.717, 1.165) is 34.6 Å². The molecule has 0 N–H and O–H groups in total. The molecule has 0 spiro atoms. The zero-order valence-electron chi connectivity index (χ0n) is 12.5. The van der Waals surface area contributed by atoms with Gasteiger partial charge in [0.2, 0.25) is 5.16 Å². The average molecular weight is 341 g/mol. The lowest BCUT2D eigenvalue weighted by atomic mass is 10.4. The molecule has 10 heteroatoms. The maximum atomic E-state index is 4.43. The quantitative estimate of drug-likeness (QED) is 0.645. The molecular formula is C12H17ClN8S. The van der Waals surface area contributed by atoms with Crippen LogP contribution in [0.15, 0.2) is 28.5 Å². The van der Waals surface area contributed by atoms with Gasteiger partial charge in [0, 0.05) is 18.3 Å². The second-order valence-corrected chi connectivity index (χ2v) is 5.91. The summed E-state index contributed by atoms with van der Waals surface area (Å²) in [6, 6.07) is 3.86. The fourth-order valence-electron chi connectivity index (χ4n) is 1.87. The van der Waals surface area contributed by atoms with Crippen molar-refractivity contribution in [3.63, 3.8) is 0 Å². The summed E-state index contributed by atoms with van der Waals surface area (Å²) in [5.74, 6) is 0. The molecule has 0 fully saturated rings. The van der Waals surface area contributed by atoms with E-state index in [1.807, 2.05) is 33.2 Å². The Hall–Kier alpha value is -1.71. The summed E-state index contributed by atoms with van der Waals surface area (Å²) in [6.45, 7) is 3.59. The molecule has 3 aromatic heterocycles. The van der Waals surface area contributed by atoms with E-state index in [9.17, 15) is 0 Å². The number of aromatic nitrogens is 7. The van der Waals surface area contributed by atoms with E-state index >= 15 is 0 Å². The first-order chi connectivity index (χ1) is 10.1. The number of fused-ring (bicyclic) bond motifs is 1. The number of hydrogen-bond acceptors (Lipinski definition) is 7. The molecule has 0 bridgehead atoms. The van der Waals surface area contributed by atoms with Crippen LogP contribution >= 0.6 is 24.2 Å². The number of likely N-dealkylation sites (N-methyl/N-ethyl adjacent to an activating group) is 1. The molecule has 118 valence electrons. The molecule has 0 radical (unpaired) electrons. The lowest BCUT2D eigenvalue weighted by Gasteiger charge is -2.10. The highest BCUT2D eigenvalue weighted by Gasteiger charge is 2.12. The molecule has 0 saturated carbocycles. The smallest absolute Gasteiger partial charge is 0.215 e. The zero-order valence-corrected chi connectivity index (χ0v) is 14.2.